The molecule has 0 bridgehead atoms. The lowest BCUT2D eigenvalue weighted by Gasteiger charge is -2.27. The Hall–Kier alpha value is -1.07. The molecule has 116 valence electrons. The van der Waals surface area contributed by atoms with E-state index in [1.54, 1.807) is 7.11 Å². The van der Waals surface area contributed by atoms with E-state index in [2.05, 4.69) is 18.5 Å². The van der Waals surface area contributed by atoms with Crippen LogP contribution in [0.4, 0.5) is 0 Å². The molecule has 2 aromatic carbocycles. The molecule has 22 heavy (non-hydrogen) atoms. The minimum absolute atomic E-state index is 0.0241. The van der Waals surface area contributed by atoms with Gasteiger partial charge in [0.25, 0.3) is 0 Å². The highest BCUT2D eigenvalue weighted by molar-refractivity contribution is 7.15. The number of benzene rings is 2. The van der Waals surface area contributed by atoms with Crippen molar-refractivity contribution in [2.45, 2.75) is 24.8 Å². The number of hydrogen-bond donors (Lipinski definition) is 0. The average molecular weight is 332 g/mol. The largest absolute Gasteiger partial charge is 0.366 e. The van der Waals surface area contributed by atoms with Crippen LogP contribution in [-0.2, 0) is 22.7 Å². The van der Waals surface area contributed by atoms with Crippen LogP contribution in [-0.4, -0.2) is 12.9 Å². The lowest BCUT2D eigenvalue weighted by molar-refractivity contribution is 0.0101. The van der Waals surface area contributed by atoms with Gasteiger partial charge in [-0.25, -0.2) is 0 Å². The van der Waals surface area contributed by atoms with Crippen molar-refractivity contribution in [3.8, 4) is 0 Å². The molecule has 0 heterocycles. The molecule has 2 nitrogen and oxygen atoms in total. The second-order valence-electron chi connectivity index (χ2n) is 5.37. The fraction of sp³-hybridized carbons (Fsp3) is 0.278. The number of methoxy groups -OCH3 is 1. The molecule has 3 unspecified atom stereocenters. The summed E-state index contributed by atoms with van der Waals surface area (Å²) in [7, 11) is 6.96. The van der Waals surface area contributed by atoms with Gasteiger partial charge >= 0.3 is 0 Å². The Bertz CT molecular complexity index is 635. The first kappa shape index (κ1) is 17.3. The van der Waals surface area contributed by atoms with E-state index in [0.717, 1.165) is 17.9 Å². The minimum atomic E-state index is -0.970. The maximum Gasteiger partial charge on any atom is 0.198 e. The molecule has 0 saturated heterocycles. The van der Waals surface area contributed by atoms with Crippen molar-refractivity contribution in [2.75, 3.05) is 7.11 Å². The van der Waals surface area contributed by atoms with E-state index in [1.165, 1.54) is 11.1 Å². The van der Waals surface area contributed by atoms with Gasteiger partial charge in [-0.05, 0) is 35.9 Å². The van der Waals surface area contributed by atoms with Crippen LogP contribution < -0.4 is 0 Å². The Kier molecular flexibility index (Phi) is 5.87. The molecule has 0 amide bonds. The fourth-order valence-electron chi connectivity index (χ4n) is 2.37. The SMILES string of the molecule is COC(C)(C(=O)c1ccc(CP)cc1)c1ccc(CP)cc1. The molecule has 0 saturated carbocycles. The summed E-state index contributed by atoms with van der Waals surface area (Å²) in [5.41, 5.74) is 2.97. The number of ketones is 1. The predicted octanol–water partition coefficient (Wildman–Crippen LogP) is 4.18. The molecule has 2 aromatic rings. The first-order chi connectivity index (χ1) is 10.5. The molecule has 2 rings (SSSR count). The number of carbonyl (C=O) groups is 1. The van der Waals surface area contributed by atoms with Crippen molar-refractivity contribution in [3.05, 3.63) is 70.8 Å². The normalized spacial score (nSPS) is 13.6. The van der Waals surface area contributed by atoms with Crippen LogP contribution in [0.3, 0.4) is 0 Å². The first-order valence-electron chi connectivity index (χ1n) is 7.23. The molecule has 3 atom stereocenters. The molecule has 0 aromatic heterocycles. The van der Waals surface area contributed by atoms with Gasteiger partial charge in [-0.2, -0.15) is 0 Å². The van der Waals surface area contributed by atoms with Crippen LogP contribution in [0, 0.1) is 0 Å². The fourth-order valence-corrected chi connectivity index (χ4v) is 2.91. The lowest BCUT2D eigenvalue weighted by atomic mass is 9.87. The molecular formula is C18H22O2P2. The van der Waals surface area contributed by atoms with Crippen LogP contribution in [0.1, 0.15) is 34.0 Å². The Morgan fingerprint density at radius 2 is 1.41 bits per heavy atom. The molecule has 0 fully saturated rings. The van der Waals surface area contributed by atoms with Gasteiger partial charge in [0.05, 0.1) is 0 Å². The molecule has 0 radical (unpaired) electrons. The number of carbonyl (C=O) groups excluding carboxylic acids is 1. The third-order valence-corrected chi connectivity index (χ3v) is 4.98. The van der Waals surface area contributed by atoms with E-state index in [4.69, 9.17) is 4.74 Å². The Labute approximate surface area is 137 Å². The highest BCUT2D eigenvalue weighted by atomic mass is 31.0. The van der Waals surface area contributed by atoms with Gasteiger partial charge in [-0.3, -0.25) is 4.79 Å². The zero-order valence-corrected chi connectivity index (χ0v) is 15.3. The van der Waals surface area contributed by atoms with Crippen molar-refractivity contribution in [1.29, 1.82) is 0 Å². The summed E-state index contributed by atoms with van der Waals surface area (Å²) in [4.78, 5) is 12.9. The van der Waals surface area contributed by atoms with Gasteiger partial charge in [0, 0.05) is 12.7 Å². The van der Waals surface area contributed by atoms with Crippen molar-refractivity contribution < 1.29 is 9.53 Å². The monoisotopic (exact) mass is 332 g/mol. The van der Waals surface area contributed by atoms with Crippen LogP contribution in [0.5, 0.6) is 0 Å². The van der Waals surface area contributed by atoms with Crippen LogP contribution >= 0.6 is 18.5 Å². The van der Waals surface area contributed by atoms with Crippen LogP contribution in [0.25, 0.3) is 0 Å². The Morgan fingerprint density at radius 3 is 1.82 bits per heavy atom. The number of Topliss-reactive ketones (excluding diaryl/α,β-unsaturated/α-hetero) is 1. The van der Waals surface area contributed by atoms with Gasteiger partial charge < -0.3 is 4.74 Å². The standard InChI is InChI=1S/C18H22O2P2/c1-18(20-2,16-9-5-14(12-22)6-10-16)17(19)15-7-3-13(11-21)4-8-15/h3-10H,11-12,21-22H2,1-2H3. The molecule has 0 aliphatic carbocycles. The number of rotatable bonds is 6. The summed E-state index contributed by atoms with van der Waals surface area (Å²) < 4.78 is 5.61. The van der Waals surface area contributed by atoms with Crippen molar-refractivity contribution in [2.24, 2.45) is 0 Å². The van der Waals surface area contributed by atoms with Crippen LogP contribution in [0.15, 0.2) is 48.5 Å². The highest BCUT2D eigenvalue weighted by Gasteiger charge is 2.35. The zero-order chi connectivity index (χ0) is 16.2. The average Bonchev–Trinajstić information content (AvgIpc) is 2.60. The Morgan fingerprint density at radius 1 is 0.955 bits per heavy atom. The van der Waals surface area contributed by atoms with Crippen molar-refractivity contribution in [3.63, 3.8) is 0 Å². The smallest absolute Gasteiger partial charge is 0.198 e. The van der Waals surface area contributed by atoms with Gasteiger partial charge in [0.2, 0.25) is 0 Å². The second kappa shape index (κ2) is 7.47. The van der Waals surface area contributed by atoms with Crippen molar-refractivity contribution in [1.82, 2.24) is 0 Å². The number of hydrogen-bond acceptors (Lipinski definition) is 2. The van der Waals surface area contributed by atoms with E-state index in [9.17, 15) is 4.79 Å². The lowest BCUT2D eigenvalue weighted by Crippen LogP contribution is -2.34. The van der Waals surface area contributed by atoms with Gasteiger partial charge in [0.15, 0.2) is 11.4 Å². The van der Waals surface area contributed by atoms with Gasteiger partial charge in [-0.1, -0.05) is 48.5 Å². The summed E-state index contributed by atoms with van der Waals surface area (Å²) in [6, 6.07) is 15.7. The van der Waals surface area contributed by atoms with Crippen molar-refractivity contribution >= 4 is 24.3 Å². The first-order valence-corrected chi connectivity index (χ1v) is 8.87. The van der Waals surface area contributed by atoms with E-state index >= 15 is 0 Å². The summed E-state index contributed by atoms with van der Waals surface area (Å²) in [6.07, 6.45) is 1.78. The quantitative estimate of drug-likeness (QED) is 0.586. The van der Waals surface area contributed by atoms with Gasteiger partial charge in [0.1, 0.15) is 0 Å². The predicted molar refractivity (Wildman–Crippen MR) is 98.4 cm³/mol. The molecule has 0 aliphatic heterocycles. The zero-order valence-electron chi connectivity index (χ0n) is 13.0. The number of ether oxygens (including phenoxy) is 1. The molecular weight excluding hydrogens is 310 g/mol. The highest BCUT2D eigenvalue weighted by Crippen LogP contribution is 2.30. The van der Waals surface area contributed by atoms with Crippen LogP contribution in [0.2, 0.25) is 0 Å². The summed E-state index contributed by atoms with van der Waals surface area (Å²) in [6.45, 7) is 1.83. The molecule has 0 aliphatic rings. The summed E-state index contributed by atoms with van der Waals surface area (Å²) >= 11 is 0. The second-order valence-corrected chi connectivity index (χ2v) is 6.19. The minimum Gasteiger partial charge on any atom is -0.366 e. The topological polar surface area (TPSA) is 26.3 Å². The maximum atomic E-state index is 12.9. The molecule has 0 spiro atoms. The third kappa shape index (κ3) is 3.46. The van der Waals surface area contributed by atoms with E-state index < -0.39 is 5.60 Å². The van der Waals surface area contributed by atoms with Gasteiger partial charge in [-0.15, -0.1) is 18.5 Å². The third-order valence-electron chi connectivity index (χ3n) is 4.03. The molecule has 0 N–H and O–H groups in total. The maximum absolute atomic E-state index is 12.9. The van der Waals surface area contributed by atoms with E-state index in [-0.39, 0.29) is 5.78 Å². The Balaban J connectivity index is 2.36. The summed E-state index contributed by atoms with van der Waals surface area (Å²) in [5.74, 6) is -0.0241. The molecule has 4 heteroatoms. The summed E-state index contributed by atoms with van der Waals surface area (Å²) in [5, 5.41) is 0. The van der Waals surface area contributed by atoms with E-state index in [0.29, 0.717) is 5.56 Å². The van der Waals surface area contributed by atoms with E-state index in [1.807, 2.05) is 55.5 Å².